The molecule has 1 aromatic rings. The first-order valence-electron chi connectivity index (χ1n) is 6.29. The maximum Gasteiger partial charge on any atom is 0.257 e. The number of ether oxygens (including phenoxy) is 1. The molecule has 1 heterocycles. The predicted molar refractivity (Wildman–Crippen MR) is 83.1 cm³/mol. The average Bonchev–Trinajstić information content (AvgIpc) is 2.78. The summed E-state index contributed by atoms with van der Waals surface area (Å²) in [5.74, 6) is 1.20. The monoisotopic (exact) mass is 389 g/mol. The van der Waals surface area contributed by atoms with Gasteiger partial charge in [0.15, 0.2) is 0 Å². The highest BCUT2D eigenvalue weighted by Gasteiger charge is 2.34. The van der Waals surface area contributed by atoms with Gasteiger partial charge < -0.3 is 9.64 Å². The number of hydrogen-bond donors (Lipinski definition) is 0. The van der Waals surface area contributed by atoms with Crippen LogP contribution in [0.5, 0.6) is 5.75 Å². The fourth-order valence-electron chi connectivity index (χ4n) is 2.49. The molecule has 2 atom stereocenters. The van der Waals surface area contributed by atoms with Crippen LogP contribution in [0.15, 0.2) is 22.7 Å². The Hall–Kier alpha value is -0.550. The van der Waals surface area contributed by atoms with E-state index in [0.29, 0.717) is 17.2 Å². The van der Waals surface area contributed by atoms with Crippen molar-refractivity contribution < 1.29 is 9.53 Å². The van der Waals surface area contributed by atoms with E-state index < -0.39 is 0 Å². The molecule has 0 aromatic heterocycles. The standard InChI is InChI=1S/C14H17Br2NO2/c1-9-5-6-17(12(9)8-15)14(18)11-4-3-10(16)7-13(11)19-2/h3-4,7,9,12H,5-6,8H2,1-2H3. The molecule has 1 fully saturated rings. The van der Waals surface area contributed by atoms with E-state index in [0.717, 1.165) is 22.8 Å². The second-order valence-electron chi connectivity index (χ2n) is 4.83. The average molecular weight is 391 g/mol. The Morgan fingerprint density at radius 1 is 1.53 bits per heavy atom. The predicted octanol–water partition coefficient (Wildman–Crippen LogP) is 3.70. The van der Waals surface area contributed by atoms with Gasteiger partial charge in [0, 0.05) is 22.4 Å². The summed E-state index contributed by atoms with van der Waals surface area (Å²) in [6, 6.07) is 5.79. The molecule has 19 heavy (non-hydrogen) atoms. The fourth-order valence-corrected chi connectivity index (χ4v) is 3.82. The van der Waals surface area contributed by atoms with Crippen molar-refractivity contribution in [3.05, 3.63) is 28.2 Å². The molecule has 1 aromatic carbocycles. The molecule has 3 nitrogen and oxygen atoms in total. The molecule has 0 N–H and O–H groups in total. The second kappa shape index (κ2) is 6.27. The van der Waals surface area contributed by atoms with Gasteiger partial charge in [-0.3, -0.25) is 4.79 Å². The van der Waals surface area contributed by atoms with Crippen molar-refractivity contribution in [3.8, 4) is 5.75 Å². The molecule has 5 heteroatoms. The van der Waals surface area contributed by atoms with Gasteiger partial charge in [-0.25, -0.2) is 0 Å². The molecule has 0 bridgehead atoms. The summed E-state index contributed by atoms with van der Waals surface area (Å²) in [5, 5.41) is 0.818. The third-order valence-electron chi connectivity index (χ3n) is 3.70. The minimum absolute atomic E-state index is 0.0538. The Balaban J connectivity index is 2.29. The van der Waals surface area contributed by atoms with Crippen LogP contribution in [0, 0.1) is 5.92 Å². The van der Waals surface area contributed by atoms with E-state index in [1.54, 1.807) is 7.11 Å². The molecule has 2 unspecified atom stereocenters. The summed E-state index contributed by atoms with van der Waals surface area (Å²) in [5.41, 5.74) is 0.630. The minimum Gasteiger partial charge on any atom is -0.496 e. The van der Waals surface area contributed by atoms with Crippen molar-refractivity contribution >= 4 is 37.8 Å². The van der Waals surface area contributed by atoms with E-state index in [4.69, 9.17) is 4.74 Å². The van der Waals surface area contributed by atoms with E-state index in [2.05, 4.69) is 38.8 Å². The number of nitrogens with zero attached hydrogens (tertiary/aromatic N) is 1. The Morgan fingerprint density at radius 2 is 2.26 bits per heavy atom. The zero-order valence-corrected chi connectivity index (χ0v) is 14.2. The summed E-state index contributed by atoms with van der Waals surface area (Å²) in [4.78, 5) is 14.6. The lowest BCUT2D eigenvalue weighted by molar-refractivity contribution is 0.0735. The molecular weight excluding hydrogens is 374 g/mol. The van der Waals surface area contributed by atoms with E-state index in [1.165, 1.54) is 0 Å². The first kappa shape index (κ1) is 14.9. The van der Waals surface area contributed by atoms with Crippen LogP contribution in [0.25, 0.3) is 0 Å². The number of likely N-dealkylation sites (tertiary alicyclic amines) is 1. The molecule has 0 radical (unpaired) electrons. The van der Waals surface area contributed by atoms with Gasteiger partial charge in [-0.05, 0) is 30.5 Å². The number of halogens is 2. The zero-order chi connectivity index (χ0) is 14.0. The van der Waals surface area contributed by atoms with Crippen LogP contribution < -0.4 is 4.74 Å². The van der Waals surface area contributed by atoms with Gasteiger partial charge in [0.1, 0.15) is 5.75 Å². The van der Waals surface area contributed by atoms with Crippen LogP contribution in [0.2, 0.25) is 0 Å². The molecule has 0 saturated carbocycles. The summed E-state index contributed by atoms with van der Waals surface area (Å²) in [6.45, 7) is 3.01. The van der Waals surface area contributed by atoms with Gasteiger partial charge in [-0.1, -0.05) is 38.8 Å². The normalized spacial score (nSPS) is 22.6. The molecule has 1 saturated heterocycles. The van der Waals surface area contributed by atoms with E-state index in [-0.39, 0.29) is 11.9 Å². The van der Waals surface area contributed by atoms with Crippen LogP contribution in [-0.2, 0) is 0 Å². The van der Waals surface area contributed by atoms with Crippen molar-refractivity contribution in [2.24, 2.45) is 5.92 Å². The molecular formula is C14H17Br2NO2. The van der Waals surface area contributed by atoms with E-state index >= 15 is 0 Å². The minimum atomic E-state index is 0.0538. The first-order chi connectivity index (χ1) is 9.08. The Bertz CT molecular complexity index is 479. The largest absolute Gasteiger partial charge is 0.496 e. The summed E-state index contributed by atoms with van der Waals surface area (Å²) >= 11 is 6.90. The Morgan fingerprint density at radius 3 is 2.89 bits per heavy atom. The fraction of sp³-hybridized carbons (Fsp3) is 0.500. The smallest absolute Gasteiger partial charge is 0.257 e. The van der Waals surface area contributed by atoms with Crippen molar-refractivity contribution in [1.29, 1.82) is 0 Å². The molecule has 1 aliphatic rings. The number of rotatable bonds is 3. The molecule has 1 aliphatic heterocycles. The van der Waals surface area contributed by atoms with E-state index in [9.17, 15) is 4.79 Å². The summed E-state index contributed by atoms with van der Waals surface area (Å²) in [7, 11) is 1.59. The number of hydrogen-bond acceptors (Lipinski definition) is 2. The highest BCUT2D eigenvalue weighted by molar-refractivity contribution is 9.10. The van der Waals surface area contributed by atoms with Crippen molar-refractivity contribution in [3.63, 3.8) is 0 Å². The molecule has 2 rings (SSSR count). The van der Waals surface area contributed by atoms with Crippen molar-refractivity contribution in [1.82, 2.24) is 4.90 Å². The van der Waals surface area contributed by atoms with Crippen LogP contribution in [-0.4, -0.2) is 35.8 Å². The third kappa shape index (κ3) is 2.97. The SMILES string of the molecule is COc1cc(Br)ccc1C(=O)N1CCC(C)C1CBr. The number of benzene rings is 1. The Labute approximate surface area is 130 Å². The zero-order valence-electron chi connectivity index (χ0n) is 11.0. The number of carbonyl (C=O) groups is 1. The van der Waals surface area contributed by atoms with Gasteiger partial charge in [0.2, 0.25) is 0 Å². The molecule has 0 spiro atoms. The van der Waals surface area contributed by atoms with Gasteiger partial charge >= 0.3 is 0 Å². The Kier molecular flexibility index (Phi) is 4.90. The molecule has 1 amide bonds. The highest BCUT2D eigenvalue weighted by Crippen LogP contribution is 2.30. The van der Waals surface area contributed by atoms with Crippen LogP contribution >= 0.6 is 31.9 Å². The summed E-state index contributed by atoms with van der Waals surface area (Å²) in [6.07, 6.45) is 1.06. The number of alkyl halides is 1. The molecule has 0 aliphatic carbocycles. The van der Waals surface area contributed by atoms with Gasteiger partial charge in [0.25, 0.3) is 5.91 Å². The lowest BCUT2D eigenvalue weighted by Crippen LogP contribution is -2.38. The number of amides is 1. The van der Waals surface area contributed by atoms with Crippen molar-refractivity contribution in [2.75, 3.05) is 19.0 Å². The van der Waals surface area contributed by atoms with E-state index in [1.807, 2.05) is 23.1 Å². The maximum absolute atomic E-state index is 12.7. The van der Waals surface area contributed by atoms with Crippen LogP contribution in [0.1, 0.15) is 23.7 Å². The number of carbonyl (C=O) groups excluding carboxylic acids is 1. The summed E-state index contributed by atoms with van der Waals surface area (Å²) < 4.78 is 6.22. The third-order valence-corrected chi connectivity index (χ3v) is 4.85. The first-order valence-corrected chi connectivity index (χ1v) is 8.20. The maximum atomic E-state index is 12.7. The lowest BCUT2D eigenvalue weighted by atomic mass is 10.0. The van der Waals surface area contributed by atoms with Gasteiger partial charge in [0.05, 0.1) is 12.7 Å². The van der Waals surface area contributed by atoms with Crippen LogP contribution in [0.3, 0.4) is 0 Å². The van der Waals surface area contributed by atoms with Gasteiger partial charge in [-0.15, -0.1) is 0 Å². The van der Waals surface area contributed by atoms with Gasteiger partial charge in [-0.2, -0.15) is 0 Å². The molecule has 104 valence electrons. The topological polar surface area (TPSA) is 29.5 Å². The lowest BCUT2D eigenvalue weighted by Gasteiger charge is -2.26. The second-order valence-corrected chi connectivity index (χ2v) is 6.39. The highest BCUT2D eigenvalue weighted by atomic mass is 79.9. The van der Waals surface area contributed by atoms with Crippen LogP contribution in [0.4, 0.5) is 0 Å². The van der Waals surface area contributed by atoms with Crippen molar-refractivity contribution in [2.45, 2.75) is 19.4 Å². The quantitative estimate of drug-likeness (QED) is 0.736. The number of methoxy groups -OCH3 is 1.